The Kier molecular flexibility index (Phi) is 4.57. The third-order valence-electron chi connectivity index (χ3n) is 1.14. The summed E-state index contributed by atoms with van der Waals surface area (Å²) in [5, 5.41) is 16.7. The first kappa shape index (κ1) is 10.2. The molecule has 0 aliphatic heterocycles. The number of benzene rings is 1. The zero-order chi connectivity index (χ0) is 7.40. The predicted octanol–water partition coefficient (Wildman–Crippen LogP) is -1.45. The van der Waals surface area contributed by atoms with Crippen LogP contribution in [0.25, 0.3) is 0 Å². The number of nitriles is 2. The zero-order valence-corrected chi connectivity index (χ0v) is 8.20. The van der Waals surface area contributed by atoms with Crippen LogP contribution >= 0.6 is 0 Å². The van der Waals surface area contributed by atoms with Gasteiger partial charge in [-0.05, 0) is 24.3 Å². The molecule has 0 fully saturated rings. The van der Waals surface area contributed by atoms with E-state index in [1.54, 1.807) is 24.3 Å². The standard InChI is InChI=1S/C8H4N2.Na.H/c9-5-7-1-2-8(6-10)4-3-7;;/h1-4H;;/q;+1;-1. The summed E-state index contributed by atoms with van der Waals surface area (Å²) >= 11 is 0. The second kappa shape index (κ2) is 4.93. The van der Waals surface area contributed by atoms with Crippen molar-refractivity contribution >= 4 is 0 Å². The van der Waals surface area contributed by atoms with Crippen molar-refractivity contribution in [2.24, 2.45) is 0 Å². The Morgan fingerprint density at radius 1 is 0.909 bits per heavy atom. The quantitative estimate of drug-likeness (QED) is 0.427. The number of rotatable bonds is 0. The van der Waals surface area contributed by atoms with Crippen LogP contribution in [0.1, 0.15) is 12.6 Å². The van der Waals surface area contributed by atoms with Gasteiger partial charge in [0, 0.05) is 0 Å². The van der Waals surface area contributed by atoms with Gasteiger partial charge in [0.05, 0.1) is 23.3 Å². The van der Waals surface area contributed by atoms with Crippen LogP contribution in [0.5, 0.6) is 0 Å². The molecule has 0 saturated heterocycles. The maximum Gasteiger partial charge on any atom is 1.00 e. The van der Waals surface area contributed by atoms with Gasteiger partial charge in [-0.1, -0.05) is 0 Å². The van der Waals surface area contributed by atoms with Crippen molar-refractivity contribution in [3.63, 3.8) is 0 Å². The minimum atomic E-state index is 0. The van der Waals surface area contributed by atoms with Crippen LogP contribution in [0.2, 0.25) is 0 Å². The summed E-state index contributed by atoms with van der Waals surface area (Å²) in [6.45, 7) is 0. The van der Waals surface area contributed by atoms with Gasteiger partial charge >= 0.3 is 29.6 Å². The maximum atomic E-state index is 8.37. The second-order valence-electron chi connectivity index (χ2n) is 1.80. The van der Waals surface area contributed by atoms with E-state index >= 15 is 0 Å². The van der Waals surface area contributed by atoms with E-state index in [-0.39, 0.29) is 31.0 Å². The van der Waals surface area contributed by atoms with E-state index in [1.807, 2.05) is 12.1 Å². The van der Waals surface area contributed by atoms with Crippen LogP contribution in [0.4, 0.5) is 0 Å². The van der Waals surface area contributed by atoms with Gasteiger partial charge in [0.2, 0.25) is 0 Å². The first-order chi connectivity index (χ1) is 4.86. The molecule has 1 rings (SSSR count). The molecule has 0 saturated carbocycles. The van der Waals surface area contributed by atoms with Crippen molar-refractivity contribution in [2.45, 2.75) is 0 Å². The zero-order valence-electron chi connectivity index (χ0n) is 7.20. The van der Waals surface area contributed by atoms with Crippen LogP contribution in [0.15, 0.2) is 24.3 Å². The Morgan fingerprint density at radius 2 is 1.18 bits per heavy atom. The smallest absolute Gasteiger partial charge is 1.00 e. The predicted molar refractivity (Wildman–Crippen MR) is 37.0 cm³/mol. The molecule has 11 heavy (non-hydrogen) atoms. The summed E-state index contributed by atoms with van der Waals surface area (Å²) in [5.74, 6) is 0. The Labute approximate surface area is 88.8 Å². The van der Waals surface area contributed by atoms with Gasteiger partial charge in [-0.25, -0.2) is 0 Å². The van der Waals surface area contributed by atoms with Crippen molar-refractivity contribution in [1.82, 2.24) is 0 Å². The Morgan fingerprint density at radius 3 is 1.36 bits per heavy atom. The molecule has 0 spiro atoms. The SMILES string of the molecule is N#Cc1ccc(C#N)cc1.[H-].[Na+]. The summed E-state index contributed by atoms with van der Waals surface area (Å²) in [6.07, 6.45) is 0. The molecule has 1 aromatic carbocycles. The molecule has 0 bridgehead atoms. The molecule has 3 heteroatoms. The van der Waals surface area contributed by atoms with Crippen LogP contribution in [-0.4, -0.2) is 0 Å². The molecule has 0 N–H and O–H groups in total. The molecule has 0 aromatic heterocycles. The van der Waals surface area contributed by atoms with E-state index in [0.717, 1.165) is 0 Å². The molecule has 48 valence electrons. The van der Waals surface area contributed by atoms with Gasteiger partial charge in [-0.3, -0.25) is 0 Å². The van der Waals surface area contributed by atoms with Gasteiger partial charge in [0.15, 0.2) is 0 Å². The molecule has 0 amide bonds. The van der Waals surface area contributed by atoms with Crippen molar-refractivity contribution in [3.8, 4) is 12.1 Å². The van der Waals surface area contributed by atoms with E-state index in [0.29, 0.717) is 11.1 Å². The Balaban J connectivity index is 0. The van der Waals surface area contributed by atoms with Crippen LogP contribution in [-0.2, 0) is 0 Å². The van der Waals surface area contributed by atoms with E-state index in [9.17, 15) is 0 Å². The van der Waals surface area contributed by atoms with Crippen LogP contribution in [0, 0.1) is 22.7 Å². The largest absolute Gasteiger partial charge is 1.00 e. The summed E-state index contributed by atoms with van der Waals surface area (Å²) < 4.78 is 0. The Bertz CT molecular complexity index is 274. The summed E-state index contributed by atoms with van der Waals surface area (Å²) in [7, 11) is 0. The fourth-order valence-electron chi connectivity index (χ4n) is 0.619. The van der Waals surface area contributed by atoms with E-state index in [2.05, 4.69) is 0 Å². The summed E-state index contributed by atoms with van der Waals surface area (Å²) in [5.41, 5.74) is 1.16. The van der Waals surface area contributed by atoms with Crippen LogP contribution < -0.4 is 29.6 Å². The van der Waals surface area contributed by atoms with Gasteiger partial charge in [0.25, 0.3) is 0 Å². The molecule has 0 aliphatic rings. The van der Waals surface area contributed by atoms with Crippen molar-refractivity contribution in [2.75, 3.05) is 0 Å². The average Bonchev–Trinajstić information content (AvgIpc) is 2.05. The van der Waals surface area contributed by atoms with Gasteiger partial charge in [-0.2, -0.15) is 10.5 Å². The summed E-state index contributed by atoms with van der Waals surface area (Å²) in [6, 6.07) is 10.4. The van der Waals surface area contributed by atoms with E-state index < -0.39 is 0 Å². The molecular weight excluding hydrogens is 147 g/mol. The first-order valence-electron chi connectivity index (χ1n) is 2.77. The topological polar surface area (TPSA) is 47.6 Å². The first-order valence-corrected chi connectivity index (χ1v) is 2.77. The molecule has 0 heterocycles. The van der Waals surface area contributed by atoms with Gasteiger partial charge < -0.3 is 1.43 Å². The molecular formula is C8H5N2Na. The number of hydrogen-bond donors (Lipinski definition) is 0. The van der Waals surface area contributed by atoms with Crippen molar-refractivity contribution in [1.29, 1.82) is 10.5 Å². The molecule has 2 nitrogen and oxygen atoms in total. The second-order valence-corrected chi connectivity index (χ2v) is 1.80. The third-order valence-corrected chi connectivity index (χ3v) is 1.14. The molecule has 0 atom stereocenters. The monoisotopic (exact) mass is 152 g/mol. The van der Waals surface area contributed by atoms with Crippen LogP contribution in [0.3, 0.4) is 0 Å². The minimum absolute atomic E-state index is 0. The third kappa shape index (κ3) is 2.74. The molecule has 0 aliphatic carbocycles. The summed E-state index contributed by atoms with van der Waals surface area (Å²) in [4.78, 5) is 0. The molecule has 0 unspecified atom stereocenters. The fraction of sp³-hybridized carbons (Fsp3) is 0. The Hall–Kier alpha value is -0.800. The number of nitrogens with zero attached hydrogens (tertiary/aromatic N) is 2. The normalized spacial score (nSPS) is 7.09. The minimum Gasteiger partial charge on any atom is -1.00 e. The van der Waals surface area contributed by atoms with Gasteiger partial charge in [-0.15, -0.1) is 0 Å². The molecule has 1 aromatic rings. The average molecular weight is 152 g/mol. The van der Waals surface area contributed by atoms with E-state index in [4.69, 9.17) is 10.5 Å². The van der Waals surface area contributed by atoms with Crippen molar-refractivity contribution < 1.29 is 31.0 Å². The maximum absolute atomic E-state index is 8.37. The number of hydrogen-bond acceptors (Lipinski definition) is 2. The fourth-order valence-corrected chi connectivity index (χ4v) is 0.619. The van der Waals surface area contributed by atoms with E-state index in [1.165, 1.54) is 0 Å². The molecule has 0 radical (unpaired) electrons. The van der Waals surface area contributed by atoms with Gasteiger partial charge in [0.1, 0.15) is 0 Å². The van der Waals surface area contributed by atoms with Crippen molar-refractivity contribution in [3.05, 3.63) is 35.4 Å².